The molecule has 4 N–H and O–H groups in total. The van der Waals surface area contributed by atoms with E-state index in [1.165, 1.54) is 0 Å². The van der Waals surface area contributed by atoms with Crippen molar-refractivity contribution >= 4 is 21.4 Å². The van der Waals surface area contributed by atoms with Crippen LogP contribution in [0.4, 0.5) is 11.4 Å². The minimum Gasteiger partial charge on any atom is -0.387 e. The number of nitrogens with one attached hydrogen (secondary N) is 3. The normalized spacial score (nSPS) is 14.0. The van der Waals surface area contributed by atoms with Gasteiger partial charge in [-0.05, 0) is 66.9 Å². The summed E-state index contributed by atoms with van der Waals surface area (Å²) in [5, 5.41) is 16.6. The minimum atomic E-state index is -3.63. The summed E-state index contributed by atoms with van der Waals surface area (Å²) in [6.07, 6.45) is 4.34. The zero-order valence-electron chi connectivity index (χ0n) is 17.1. The lowest BCUT2D eigenvalue weighted by Gasteiger charge is -2.12. The first-order valence-corrected chi connectivity index (χ1v) is 11.8. The van der Waals surface area contributed by atoms with Gasteiger partial charge in [0.1, 0.15) is 0 Å². The Morgan fingerprint density at radius 3 is 2.74 bits per heavy atom. The highest BCUT2D eigenvalue weighted by molar-refractivity contribution is 7.92. The first-order valence-electron chi connectivity index (χ1n) is 10.3. The quantitative estimate of drug-likeness (QED) is 0.383. The number of aliphatic hydroxyl groups is 1. The fraction of sp³-hybridized carbons (Fsp3) is 0.261. The van der Waals surface area contributed by atoms with Crippen LogP contribution in [0.1, 0.15) is 22.8 Å². The number of pyridine rings is 1. The predicted molar refractivity (Wildman–Crippen MR) is 122 cm³/mol. The van der Waals surface area contributed by atoms with Gasteiger partial charge in [-0.15, -0.1) is 0 Å². The number of hydrogen-bond donors (Lipinski definition) is 4. The smallest absolute Gasteiger partial charge is 0.261 e. The average molecular weight is 439 g/mol. The minimum absolute atomic E-state index is 0.274. The fourth-order valence-corrected chi connectivity index (χ4v) is 4.67. The molecule has 1 aromatic heterocycles. The third-order valence-electron chi connectivity index (χ3n) is 5.30. The molecule has 2 aromatic carbocycles. The maximum Gasteiger partial charge on any atom is 0.261 e. The molecule has 1 aliphatic heterocycles. The monoisotopic (exact) mass is 438 g/mol. The molecule has 4 rings (SSSR count). The molecule has 0 saturated heterocycles. The molecular weight excluding hydrogens is 412 g/mol. The lowest BCUT2D eigenvalue weighted by atomic mass is 10.1. The molecule has 8 heteroatoms. The van der Waals surface area contributed by atoms with Crippen LogP contribution < -0.4 is 15.4 Å². The first kappa shape index (κ1) is 21.3. The molecule has 3 aromatic rings. The Bertz CT molecular complexity index is 1120. The van der Waals surface area contributed by atoms with Gasteiger partial charge in [0.2, 0.25) is 0 Å². The number of anilines is 2. The van der Waals surface area contributed by atoms with Crippen molar-refractivity contribution in [1.29, 1.82) is 0 Å². The van der Waals surface area contributed by atoms with Gasteiger partial charge in [0.25, 0.3) is 10.0 Å². The second-order valence-corrected chi connectivity index (χ2v) is 9.24. The van der Waals surface area contributed by atoms with Gasteiger partial charge in [0, 0.05) is 42.4 Å². The topological polar surface area (TPSA) is 103 Å². The molecule has 1 aliphatic rings. The lowest BCUT2D eigenvalue weighted by molar-refractivity contribution is 0.174. The van der Waals surface area contributed by atoms with E-state index in [1.807, 2.05) is 24.3 Å². The van der Waals surface area contributed by atoms with Gasteiger partial charge in [0.05, 0.1) is 11.0 Å². The van der Waals surface area contributed by atoms with Crippen LogP contribution in [-0.2, 0) is 22.9 Å². The first-order chi connectivity index (χ1) is 15.0. The van der Waals surface area contributed by atoms with E-state index in [9.17, 15) is 13.5 Å². The standard InChI is InChI=1S/C23H26N4O3S/c28-23(19-2-1-11-24-15-19)16-25-12-9-17-3-5-20(6-4-17)27-31(29,30)21-7-8-22-18(14-21)10-13-26-22/h1-8,11,14-15,23,25-28H,9-10,12-13,16H2/t23-/m0/s1. The summed E-state index contributed by atoms with van der Waals surface area (Å²) in [7, 11) is -3.63. The second kappa shape index (κ2) is 9.47. The van der Waals surface area contributed by atoms with E-state index in [1.54, 1.807) is 42.7 Å². The number of fused-ring (bicyclic) bond motifs is 1. The summed E-state index contributed by atoms with van der Waals surface area (Å²) in [6, 6.07) is 16.2. The van der Waals surface area contributed by atoms with Crippen molar-refractivity contribution in [1.82, 2.24) is 10.3 Å². The number of aliphatic hydroxyl groups excluding tert-OH is 1. The molecule has 0 aliphatic carbocycles. The maximum absolute atomic E-state index is 12.7. The summed E-state index contributed by atoms with van der Waals surface area (Å²) in [5.41, 5.74) is 4.42. The highest BCUT2D eigenvalue weighted by atomic mass is 32.2. The highest BCUT2D eigenvalue weighted by Gasteiger charge is 2.18. The molecule has 7 nitrogen and oxygen atoms in total. The molecule has 162 valence electrons. The van der Waals surface area contributed by atoms with Crippen molar-refractivity contribution in [3.63, 3.8) is 0 Å². The van der Waals surface area contributed by atoms with Gasteiger partial charge in [-0.3, -0.25) is 9.71 Å². The van der Waals surface area contributed by atoms with Crippen molar-refractivity contribution in [2.45, 2.75) is 23.8 Å². The molecule has 2 heterocycles. The molecule has 0 spiro atoms. The van der Waals surface area contributed by atoms with Crippen LogP contribution in [0.2, 0.25) is 0 Å². The van der Waals surface area contributed by atoms with Crippen molar-refractivity contribution in [3.8, 4) is 0 Å². The van der Waals surface area contributed by atoms with Crippen LogP contribution in [0.3, 0.4) is 0 Å². The number of sulfonamides is 1. The summed E-state index contributed by atoms with van der Waals surface area (Å²) in [6.45, 7) is 1.98. The summed E-state index contributed by atoms with van der Waals surface area (Å²) >= 11 is 0. The Morgan fingerprint density at radius 1 is 1.13 bits per heavy atom. The molecule has 0 fully saturated rings. The maximum atomic E-state index is 12.7. The summed E-state index contributed by atoms with van der Waals surface area (Å²) in [5.74, 6) is 0. The molecule has 1 atom stereocenters. The Labute approximate surface area is 182 Å². The fourth-order valence-electron chi connectivity index (χ4n) is 3.56. The molecule has 0 bridgehead atoms. The van der Waals surface area contributed by atoms with Gasteiger partial charge >= 0.3 is 0 Å². The van der Waals surface area contributed by atoms with E-state index in [-0.39, 0.29) is 4.90 Å². The van der Waals surface area contributed by atoms with E-state index in [4.69, 9.17) is 0 Å². The van der Waals surface area contributed by atoms with Crippen LogP contribution in [0.25, 0.3) is 0 Å². The van der Waals surface area contributed by atoms with Gasteiger partial charge in [-0.2, -0.15) is 0 Å². The van der Waals surface area contributed by atoms with E-state index in [0.29, 0.717) is 18.8 Å². The zero-order valence-corrected chi connectivity index (χ0v) is 17.9. The molecule has 0 unspecified atom stereocenters. The van der Waals surface area contributed by atoms with E-state index in [0.717, 1.165) is 41.8 Å². The number of nitrogens with zero attached hydrogens (tertiary/aromatic N) is 1. The van der Waals surface area contributed by atoms with Crippen molar-refractivity contribution in [3.05, 3.63) is 83.7 Å². The van der Waals surface area contributed by atoms with E-state index in [2.05, 4.69) is 20.3 Å². The summed E-state index contributed by atoms with van der Waals surface area (Å²) < 4.78 is 28.1. The van der Waals surface area contributed by atoms with Gasteiger partial charge in [-0.25, -0.2) is 8.42 Å². The van der Waals surface area contributed by atoms with Crippen molar-refractivity contribution in [2.24, 2.45) is 0 Å². The van der Waals surface area contributed by atoms with Gasteiger partial charge in [-0.1, -0.05) is 18.2 Å². The number of hydrogen-bond acceptors (Lipinski definition) is 6. The van der Waals surface area contributed by atoms with Crippen LogP contribution in [0, 0.1) is 0 Å². The van der Waals surface area contributed by atoms with Crippen LogP contribution in [0.15, 0.2) is 71.9 Å². The molecule has 31 heavy (non-hydrogen) atoms. The van der Waals surface area contributed by atoms with Crippen LogP contribution in [0.5, 0.6) is 0 Å². The Balaban J connectivity index is 1.28. The van der Waals surface area contributed by atoms with Gasteiger partial charge in [0.15, 0.2) is 0 Å². The zero-order chi connectivity index (χ0) is 21.7. The molecule has 0 amide bonds. The molecule has 0 radical (unpaired) electrons. The second-order valence-electron chi connectivity index (χ2n) is 7.55. The molecule has 0 saturated carbocycles. The Morgan fingerprint density at radius 2 is 1.97 bits per heavy atom. The Hall–Kier alpha value is -2.94. The SMILES string of the molecule is O=S(=O)(Nc1ccc(CCNC[C@H](O)c2cccnc2)cc1)c1ccc2c(c1)CCN2. The van der Waals surface area contributed by atoms with E-state index >= 15 is 0 Å². The van der Waals surface area contributed by atoms with Gasteiger partial charge < -0.3 is 15.7 Å². The third-order valence-corrected chi connectivity index (χ3v) is 6.68. The third kappa shape index (κ3) is 5.41. The number of aromatic nitrogens is 1. The Kier molecular flexibility index (Phi) is 6.50. The summed E-state index contributed by atoms with van der Waals surface area (Å²) in [4.78, 5) is 4.28. The number of rotatable bonds is 9. The van der Waals surface area contributed by atoms with Crippen LogP contribution in [-0.4, -0.2) is 38.1 Å². The number of benzene rings is 2. The average Bonchev–Trinajstić information content (AvgIpc) is 3.26. The predicted octanol–water partition coefficient (Wildman–Crippen LogP) is 2.72. The largest absolute Gasteiger partial charge is 0.387 e. The lowest BCUT2D eigenvalue weighted by Crippen LogP contribution is -2.23. The van der Waals surface area contributed by atoms with Crippen LogP contribution >= 0.6 is 0 Å². The van der Waals surface area contributed by atoms with Crippen molar-refractivity contribution in [2.75, 3.05) is 29.7 Å². The van der Waals surface area contributed by atoms with E-state index < -0.39 is 16.1 Å². The highest BCUT2D eigenvalue weighted by Crippen LogP contribution is 2.26. The molecular formula is C23H26N4O3S. The van der Waals surface area contributed by atoms with Crippen molar-refractivity contribution < 1.29 is 13.5 Å².